The van der Waals surface area contributed by atoms with E-state index in [1.165, 1.54) is 89.0 Å². The molecule has 0 unspecified atom stereocenters. The standard InChI is InChI=1S/C25H38N2O/c1-3-5-7-8-9-11-21-14-18-23(19-15-21)25-26-24(27-28-25)22-16-12-20(13-17-22)10-6-4-2/h14-15,18-20,22H,3-13,16-17H2,1-2H3. The molecule has 1 aliphatic rings. The smallest absolute Gasteiger partial charge is 0.257 e. The molecule has 0 aliphatic heterocycles. The highest BCUT2D eigenvalue weighted by atomic mass is 16.5. The zero-order chi connectivity index (χ0) is 19.6. The molecule has 154 valence electrons. The lowest BCUT2D eigenvalue weighted by molar-refractivity contribution is 0.293. The molecular formula is C25H38N2O. The molecule has 0 N–H and O–H groups in total. The third kappa shape index (κ3) is 6.18. The van der Waals surface area contributed by atoms with Crippen LogP contribution in [0.2, 0.25) is 0 Å². The van der Waals surface area contributed by atoms with Gasteiger partial charge in [-0.05, 0) is 62.1 Å². The maximum atomic E-state index is 5.60. The van der Waals surface area contributed by atoms with Gasteiger partial charge in [0.05, 0.1) is 0 Å². The summed E-state index contributed by atoms with van der Waals surface area (Å²) in [4.78, 5) is 4.74. The largest absolute Gasteiger partial charge is 0.334 e. The van der Waals surface area contributed by atoms with Crippen LogP contribution in [0.3, 0.4) is 0 Å². The van der Waals surface area contributed by atoms with Crippen molar-refractivity contribution in [3.8, 4) is 11.5 Å². The van der Waals surface area contributed by atoms with Gasteiger partial charge in [0.15, 0.2) is 5.82 Å². The Morgan fingerprint density at radius 1 is 0.857 bits per heavy atom. The van der Waals surface area contributed by atoms with Crippen molar-refractivity contribution >= 4 is 0 Å². The van der Waals surface area contributed by atoms with Crippen molar-refractivity contribution in [2.75, 3.05) is 0 Å². The summed E-state index contributed by atoms with van der Waals surface area (Å²) in [6.45, 7) is 4.55. The van der Waals surface area contributed by atoms with E-state index in [9.17, 15) is 0 Å². The normalized spacial score (nSPS) is 19.8. The molecular weight excluding hydrogens is 344 g/mol. The molecule has 3 nitrogen and oxygen atoms in total. The summed E-state index contributed by atoms with van der Waals surface area (Å²) in [6.07, 6.45) is 17.0. The molecule has 2 aromatic rings. The van der Waals surface area contributed by atoms with Gasteiger partial charge in [-0.1, -0.05) is 76.1 Å². The van der Waals surface area contributed by atoms with E-state index in [0.717, 1.165) is 17.3 Å². The van der Waals surface area contributed by atoms with Crippen LogP contribution in [0.1, 0.15) is 108 Å². The van der Waals surface area contributed by atoms with E-state index in [-0.39, 0.29) is 0 Å². The van der Waals surface area contributed by atoms with E-state index in [2.05, 4.69) is 43.3 Å². The highest BCUT2D eigenvalue weighted by molar-refractivity contribution is 5.53. The molecule has 28 heavy (non-hydrogen) atoms. The van der Waals surface area contributed by atoms with Crippen molar-refractivity contribution in [1.82, 2.24) is 10.1 Å². The van der Waals surface area contributed by atoms with Crippen LogP contribution in [0.15, 0.2) is 28.8 Å². The van der Waals surface area contributed by atoms with Gasteiger partial charge in [-0.15, -0.1) is 0 Å². The molecule has 0 atom stereocenters. The minimum absolute atomic E-state index is 0.484. The first kappa shape index (κ1) is 21.1. The molecule has 1 aliphatic carbocycles. The molecule has 3 heteroatoms. The molecule has 1 aromatic heterocycles. The maximum absolute atomic E-state index is 5.60. The van der Waals surface area contributed by atoms with Crippen molar-refractivity contribution in [3.63, 3.8) is 0 Å². The highest BCUT2D eigenvalue weighted by Crippen LogP contribution is 2.37. The minimum Gasteiger partial charge on any atom is -0.334 e. The first-order valence-corrected chi connectivity index (χ1v) is 11.7. The number of nitrogens with zero attached hydrogens (tertiary/aromatic N) is 2. The predicted molar refractivity (Wildman–Crippen MR) is 116 cm³/mol. The van der Waals surface area contributed by atoms with E-state index >= 15 is 0 Å². The molecule has 1 aromatic carbocycles. The Hall–Kier alpha value is -1.64. The van der Waals surface area contributed by atoms with Crippen LogP contribution in [0, 0.1) is 5.92 Å². The fourth-order valence-electron chi connectivity index (χ4n) is 4.47. The van der Waals surface area contributed by atoms with Crippen molar-refractivity contribution < 1.29 is 4.52 Å². The summed E-state index contributed by atoms with van der Waals surface area (Å²) in [6, 6.07) is 8.72. The van der Waals surface area contributed by atoms with Gasteiger partial charge in [0, 0.05) is 11.5 Å². The molecule has 1 saturated carbocycles. The monoisotopic (exact) mass is 382 g/mol. The molecule has 3 rings (SSSR count). The van der Waals surface area contributed by atoms with Crippen LogP contribution in [-0.4, -0.2) is 10.1 Å². The summed E-state index contributed by atoms with van der Waals surface area (Å²) in [5.74, 6) is 3.00. The molecule has 0 amide bonds. The average molecular weight is 383 g/mol. The van der Waals surface area contributed by atoms with Gasteiger partial charge >= 0.3 is 0 Å². The summed E-state index contributed by atoms with van der Waals surface area (Å²) >= 11 is 0. The summed E-state index contributed by atoms with van der Waals surface area (Å²) in [5, 5.41) is 4.32. The SMILES string of the molecule is CCCCCCCc1ccc(-c2nc(C3CCC(CCCC)CC3)no2)cc1. The lowest BCUT2D eigenvalue weighted by Crippen LogP contribution is -2.14. The van der Waals surface area contributed by atoms with Gasteiger partial charge in [-0.2, -0.15) is 4.98 Å². The first-order chi connectivity index (χ1) is 13.8. The molecule has 0 spiro atoms. The van der Waals surface area contributed by atoms with Crippen LogP contribution in [0.4, 0.5) is 0 Å². The molecule has 0 saturated heterocycles. The van der Waals surface area contributed by atoms with Crippen LogP contribution >= 0.6 is 0 Å². The van der Waals surface area contributed by atoms with Crippen LogP contribution in [-0.2, 0) is 6.42 Å². The van der Waals surface area contributed by atoms with E-state index in [4.69, 9.17) is 9.51 Å². The quantitative estimate of drug-likeness (QED) is 0.373. The predicted octanol–water partition coefficient (Wildman–Crippen LogP) is 7.71. The zero-order valence-electron chi connectivity index (χ0n) is 18.0. The van der Waals surface area contributed by atoms with Gasteiger partial charge in [0.1, 0.15) is 0 Å². The number of rotatable bonds is 11. The van der Waals surface area contributed by atoms with Gasteiger partial charge < -0.3 is 4.52 Å². The van der Waals surface area contributed by atoms with Crippen LogP contribution in [0.25, 0.3) is 11.5 Å². The van der Waals surface area contributed by atoms with Gasteiger partial charge in [-0.25, -0.2) is 0 Å². The number of benzene rings is 1. The van der Waals surface area contributed by atoms with Gasteiger partial charge in [0.2, 0.25) is 0 Å². The number of aryl methyl sites for hydroxylation is 1. The summed E-state index contributed by atoms with van der Waals surface area (Å²) in [7, 11) is 0. The first-order valence-electron chi connectivity index (χ1n) is 11.7. The van der Waals surface area contributed by atoms with Crippen LogP contribution < -0.4 is 0 Å². The minimum atomic E-state index is 0.484. The third-order valence-electron chi connectivity index (χ3n) is 6.39. The Bertz CT molecular complexity index is 668. The topological polar surface area (TPSA) is 38.9 Å². The Kier molecular flexibility index (Phi) is 8.57. The Morgan fingerprint density at radius 3 is 2.29 bits per heavy atom. The second-order valence-corrected chi connectivity index (χ2v) is 8.68. The van der Waals surface area contributed by atoms with E-state index in [0.29, 0.717) is 11.8 Å². The van der Waals surface area contributed by atoms with Crippen molar-refractivity contribution in [1.29, 1.82) is 0 Å². The highest BCUT2D eigenvalue weighted by Gasteiger charge is 2.25. The fourth-order valence-corrected chi connectivity index (χ4v) is 4.47. The van der Waals surface area contributed by atoms with Crippen molar-refractivity contribution in [3.05, 3.63) is 35.7 Å². The Balaban J connectivity index is 1.48. The van der Waals surface area contributed by atoms with E-state index in [1.54, 1.807) is 0 Å². The Labute approximate surface area is 171 Å². The van der Waals surface area contributed by atoms with E-state index < -0.39 is 0 Å². The molecule has 0 radical (unpaired) electrons. The lowest BCUT2D eigenvalue weighted by atomic mass is 9.79. The summed E-state index contributed by atoms with van der Waals surface area (Å²) in [5.41, 5.74) is 2.45. The summed E-state index contributed by atoms with van der Waals surface area (Å²) < 4.78 is 5.60. The molecule has 1 fully saturated rings. The average Bonchev–Trinajstić information content (AvgIpc) is 3.23. The third-order valence-corrected chi connectivity index (χ3v) is 6.39. The second kappa shape index (κ2) is 11.4. The number of hydrogen-bond donors (Lipinski definition) is 0. The molecule has 0 bridgehead atoms. The second-order valence-electron chi connectivity index (χ2n) is 8.68. The molecule has 1 heterocycles. The van der Waals surface area contributed by atoms with Gasteiger partial charge in [0.25, 0.3) is 5.89 Å². The fraction of sp³-hybridized carbons (Fsp3) is 0.680. The lowest BCUT2D eigenvalue weighted by Gasteiger charge is -2.26. The van der Waals surface area contributed by atoms with Crippen LogP contribution in [0.5, 0.6) is 0 Å². The number of hydrogen-bond acceptors (Lipinski definition) is 3. The van der Waals surface area contributed by atoms with E-state index in [1.807, 2.05) is 0 Å². The van der Waals surface area contributed by atoms with Crippen molar-refractivity contribution in [2.45, 2.75) is 103 Å². The number of aromatic nitrogens is 2. The van der Waals surface area contributed by atoms with Gasteiger partial charge in [-0.3, -0.25) is 0 Å². The maximum Gasteiger partial charge on any atom is 0.257 e. The zero-order valence-corrected chi connectivity index (χ0v) is 18.0. The van der Waals surface area contributed by atoms with Crippen molar-refractivity contribution in [2.24, 2.45) is 5.92 Å². The Morgan fingerprint density at radius 2 is 1.57 bits per heavy atom. The number of unbranched alkanes of at least 4 members (excludes halogenated alkanes) is 5.